The van der Waals surface area contributed by atoms with Gasteiger partial charge in [-0.15, -0.1) is 22.0 Å². The Hall–Kier alpha value is -0.290. The number of anilines is 1. The van der Waals surface area contributed by atoms with E-state index < -0.39 is 0 Å². The number of hydrogen-bond donors (Lipinski definition) is 1. The highest BCUT2D eigenvalue weighted by atomic mass is 32.2. The lowest BCUT2D eigenvalue weighted by Gasteiger charge is -2.15. The second-order valence-electron chi connectivity index (χ2n) is 4.33. The minimum Gasteiger partial charge on any atom is -0.360 e. The molecule has 5 heteroatoms. The third-order valence-corrected chi connectivity index (χ3v) is 3.97. The quantitative estimate of drug-likeness (QED) is 0.863. The van der Waals surface area contributed by atoms with Gasteiger partial charge in [-0.2, -0.15) is 0 Å². The SMILES string of the molecule is CCCNc1nnc(CSC(C)(C)C)s1. The van der Waals surface area contributed by atoms with Gasteiger partial charge in [0.05, 0.1) is 0 Å². The van der Waals surface area contributed by atoms with Gasteiger partial charge in [-0.1, -0.05) is 39.0 Å². The lowest BCUT2D eigenvalue weighted by molar-refractivity contribution is 0.801. The Morgan fingerprint density at radius 3 is 2.67 bits per heavy atom. The maximum absolute atomic E-state index is 4.16. The summed E-state index contributed by atoms with van der Waals surface area (Å²) in [5.74, 6) is 0.953. The highest BCUT2D eigenvalue weighted by Crippen LogP contribution is 2.29. The molecule has 0 bridgehead atoms. The summed E-state index contributed by atoms with van der Waals surface area (Å²) in [6, 6.07) is 0. The van der Waals surface area contributed by atoms with Crippen molar-refractivity contribution in [2.75, 3.05) is 11.9 Å². The Kier molecular flexibility index (Phi) is 4.86. The van der Waals surface area contributed by atoms with E-state index in [4.69, 9.17) is 0 Å². The molecule has 1 N–H and O–H groups in total. The van der Waals surface area contributed by atoms with Crippen LogP contribution in [0.5, 0.6) is 0 Å². The van der Waals surface area contributed by atoms with E-state index in [2.05, 4.69) is 43.2 Å². The molecule has 0 radical (unpaired) electrons. The highest BCUT2D eigenvalue weighted by Gasteiger charge is 2.12. The summed E-state index contributed by atoms with van der Waals surface area (Å²) in [5, 5.41) is 13.6. The predicted molar refractivity (Wildman–Crippen MR) is 69.7 cm³/mol. The van der Waals surface area contributed by atoms with Gasteiger partial charge >= 0.3 is 0 Å². The lowest BCUT2D eigenvalue weighted by atomic mass is 10.3. The second kappa shape index (κ2) is 5.70. The molecule has 0 aliphatic rings. The van der Waals surface area contributed by atoms with Crippen molar-refractivity contribution in [2.45, 2.75) is 44.6 Å². The molecule has 1 rings (SSSR count). The fourth-order valence-electron chi connectivity index (χ4n) is 0.894. The van der Waals surface area contributed by atoms with Crippen molar-refractivity contribution in [2.24, 2.45) is 0 Å². The van der Waals surface area contributed by atoms with E-state index in [1.807, 2.05) is 11.8 Å². The molecule has 1 aromatic rings. The highest BCUT2D eigenvalue weighted by molar-refractivity contribution is 7.99. The molecule has 0 aromatic carbocycles. The third-order valence-electron chi connectivity index (χ3n) is 1.62. The van der Waals surface area contributed by atoms with Crippen molar-refractivity contribution < 1.29 is 0 Å². The summed E-state index contributed by atoms with van der Waals surface area (Å²) in [7, 11) is 0. The molecule has 0 amide bonds. The Balaban J connectivity index is 2.39. The lowest BCUT2D eigenvalue weighted by Crippen LogP contribution is -2.07. The summed E-state index contributed by atoms with van der Waals surface area (Å²) in [4.78, 5) is 0. The Labute approximate surface area is 100 Å². The van der Waals surface area contributed by atoms with Gasteiger partial charge in [0, 0.05) is 17.0 Å². The molecule has 0 unspecified atom stereocenters. The van der Waals surface area contributed by atoms with Gasteiger partial charge in [-0.3, -0.25) is 0 Å². The van der Waals surface area contributed by atoms with Crippen LogP contribution in [0.3, 0.4) is 0 Å². The van der Waals surface area contributed by atoms with Gasteiger partial charge in [-0.05, 0) is 6.42 Å². The number of thioether (sulfide) groups is 1. The van der Waals surface area contributed by atoms with Crippen molar-refractivity contribution >= 4 is 28.2 Å². The minimum atomic E-state index is 0.294. The van der Waals surface area contributed by atoms with Crippen LogP contribution in [0.15, 0.2) is 0 Å². The van der Waals surface area contributed by atoms with Gasteiger partial charge in [0.1, 0.15) is 5.01 Å². The first-order chi connectivity index (χ1) is 7.01. The van der Waals surface area contributed by atoms with Crippen LogP contribution >= 0.6 is 23.1 Å². The first kappa shape index (κ1) is 12.8. The van der Waals surface area contributed by atoms with Crippen LogP contribution < -0.4 is 5.32 Å². The van der Waals surface area contributed by atoms with E-state index in [1.54, 1.807) is 11.3 Å². The van der Waals surface area contributed by atoms with Crippen LogP contribution in [-0.2, 0) is 5.75 Å². The summed E-state index contributed by atoms with van der Waals surface area (Å²) in [6.07, 6.45) is 1.12. The second-order valence-corrected chi connectivity index (χ2v) is 7.19. The van der Waals surface area contributed by atoms with Crippen LogP contribution in [0, 0.1) is 0 Å². The fraction of sp³-hybridized carbons (Fsp3) is 0.800. The van der Waals surface area contributed by atoms with E-state index in [0.717, 1.165) is 28.9 Å². The molecular formula is C10H19N3S2. The molecule has 0 aliphatic carbocycles. The van der Waals surface area contributed by atoms with E-state index in [9.17, 15) is 0 Å². The zero-order valence-corrected chi connectivity index (χ0v) is 11.5. The molecule has 0 aliphatic heterocycles. The molecule has 86 valence electrons. The van der Waals surface area contributed by atoms with Gasteiger partial charge in [0.25, 0.3) is 0 Å². The number of nitrogens with zero attached hydrogens (tertiary/aromatic N) is 2. The van der Waals surface area contributed by atoms with Crippen LogP contribution in [-0.4, -0.2) is 21.5 Å². The molecule has 0 saturated heterocycles. The molecule has 0 atom stereocenters. The molecule has 0 spiro atoms. The van der Waals surface area contributed by atoms with Crippen LogP contribution in [0.1, 0.15) is 39.1 Å². The molecule has 0 saturated carbocycles. The number of aromatic nitrogens is 2. The summed E-state index contributed by atoms with van der Waals surface area (Å²) in [6.45, 7) is 9.77. The normalized spacial score (nSPS) is 11.7. The molecular weight excluding hydrogens is 226 g/mol. The first-order valence-electron chi connectivity index (χ1n) is 5.21. The molecule has 3 nitrogen and oxygen atoms in total. The standard InChI is InChI=1S/C10H19N3S2/c1-5-6-11-9-13-12-8(15-9)7-14-10(2,3)4/h5-7H2,1-4H3,(H,11,13). The first-order valence-corrected chi connectivity index (χ1v) is 7.01. The third kappa shape index (κ3) is 5.37. The zero-order valence-electron chi connectivity index (χ0n) is 9.83. The van der Waals surface area contributed by atoms with Gasteiger partial charge in [0.2, 0.25) is 5.13 Å². The van der Waals surface area contributed by atoms with Gasteiger partial charge in [0.15, 0.2) is 0 Å². The molecule has 1 heterocycles. The van der Waals surface area contributed by atoms with Gasteiger partial charge in [-0.25, -0.2) is 0 Å². The van der Waals surface area contributed by atoms with Crippen molar-refractivity contribution in [3.8, 4) is 0 Å². The summed E-state index contributed by atoms with van der Waals surface area (Å²) in [5.41, 5.74) is 0. The number of nitrogens with one attached hydrogen (secondary N) is 1. The maximum Gasteiger partial charge on any atom is 0.205 e. The molecule has 0 fully saturated rings. The van der Waals surface area contributed by atoms with Crippen LogP contribution in [0.2, 0.25) is 0 Å². The van der Waals surface area contributed by atoms with E-state index in [0.29, 0.717) is 4.75 Å². The van der Waals surface area contributed by atoms with Gasteiger partial charge < -0.3 is 5.32 Å². The van der Waals surface area contributed by atoms with Crippen molar-refractivity contribution in [3.63, 3.8) is 0 Å². The zero-order chi connectivity index (χ0) is 11.3. The monoisotopic (exact) mass is 245 g/mol. The van der Waals surface area contributed by atoms with E-state index in [1.165, 1.54) is 0 Å². The topological polar surface area (TPSA) is 37.8 Å². The van der Waals surface area contributed by atoms with Crippen LogP contribution in [0.4, 0.5) is 5.13 Å². The maximum atomic E-state index is 4.16. The fourth-order valence-corrected chi connectivity index (χ4v) is 2.48. The average Bonchev–Trinajstić information content (AvgIpc) is 2.58. The van der Waals surface area contributed by atoms with Crippen LogP contribution in [0.25, 0.3) is 0 Å². The average molecular weight is 245 g/mol. The van der Waals surface area contributed by atoms with E-state index in [-0.39, 0.29) is 0 Å². The Morgan fingerprint density at radius 1 is 1.33 bits per heavy atom. The molecule has 1 aromatic heterocycles. The smallest absolute Gasteiger partial charge is 0.205 e. The van der Waals surface area contributed by atoms with E-state index >= 15 is 0 Å². The number of hydrogen-bond acceptors (Lipinski definition) is 5. The minimum absolute atomic E-state index is 0.294. The Morgan fingerprint density at radius 2 is 2.07 bits per heavy atom. The van der Waals surface area contributed by atoms with Crippen molar-refractivity contribution in [1.82, 2.24) is 10.2 Å². The summed E-state index contributed by atoms with van der Waals surface area (Å²) >= 11 is 3.56. The molecule has 15 heavy (non-hydrogen) atoms. The summed E-state index contributed by atoms with van der Waals surface area (Å²) < 4.78 is 0.294. The largest absolute Gasteiger partial charge is 0.360 e. The predicted octanol–water partition coefficient (Wildman–Crippen LogP) is 3.39. The van der Waals surface area contributed by atoms with Crippen molar-refractivity contribution in [3.05, 3.63) is 5.01 Å². The number of rotatable bonds is 5. The van der Waals surface area contributed by atoms with Crippen molar-refractivity contribution in [1.29, 1.82) is 0 Å². The Bertz CT molecular complexity index is 291.